The summed E-state index contributed by atoms with van der Waals surface area (Å²) in [5.74, 6) is -4.37. The number of carbonyl (C=O) groups is 4. The van der Waals surface area contributed by atoms with Crippen LogP contribution in [0.3, 0.4) is 0 Å². The van der Waals surface area contributed by atoms with Gasteiger partial charge in [0.15, 0.2) is 0 Å². The molecule has 1 aliphatic carbocycles. The van der Waals surface area contributed by atoms with Crippen molar-refractivity contribution in [1.29, 1.82) is 0 Å². The zero-order valence-electron chi connectivity index (χ0n) is 17.8. The fourth-order valence-electron chi connectivity index (χ4n) is 3.39. The molecule has 9 nitrogen and oxygen atoms in total. The first-order valence-corrected chi connectivity index (χ1v) is 10.2. The molecule has 0 radical (unpaired) electrons. The maximum atomic E-state index is 12.4. The average Bonchev–Trinajstić information content (AvgIpc) is 3.36. The Morgan fingerprint density at radius 2 is 1.90 bits per heavy atom. The number of carboxylic acid groups (broad SMARTS) is 1. The third kappa shape index (κ3) is 6.85. The highest BCUT2D eigenvalue weighted by Crippen LogP contribution is 2.49. The van der Waals surface area contributed by atoms with E-state index in [1.807, 2.05) is 0 Å². The van der Waals surface area contributed by atoms with Crippen LogP contribution < -0.4 is 10.6 Å². The number of nitrogens with one attached hydrogen (secondary N) is 2. The van der Waals surface area contributed by atoms with Gasteiger partial charge >= 0.3 is 18.0 Å². The Hall–Kier alpha value is -2.81. The fourth-order valence-corrected chi connectivity index (χ4v) is 3.58. The van der Waals surface area contributed by atoms with Crippen molar-refractivity contribution in [3.8, 4) is 0 Å². The molecule has 1 fully saturated rings. The molecule has 4 atom stereocenters. The van der Waals surface area contributed by atoms with E-state index in [1.54, 1.807) is 45.9 Å². The van der Waals surface area contributed by atoms with Crippen LogP contribution in [0.5, 0.6) is 0 Å². The van der Waals surface area contributed by atoms with E-state index in [-0.39, 0.29) is 13.2 Å². The van der Waals surface area contributed by atoms with E-state index in [2.05, 4.69) is 10.6 Å². The number of halogens is 1. The molecule has 0 aliphatic heterocycles. The Morgan fingerprint density at radius 1 is 1.23 bits per heavy atom. The van der Waals surface area contributed by atoms with Gasteiger partial charge in [-0.25, -0.2) is 9.59 Å². The van der Waals surface area contributed by atoms with E-state index in [9.17, 15) is 24.3 Å². The summed E-state index contributed by atoms with van der Waals surface area (Å²) >= 11 is 5.90. The Kier molecular flexibility index (Phi) is 7.89. The summed E-state index contributed by atoms with van der Waals surface area (Å²) in [5.41, 5.74) is -0.485. The number of alkyl carbamates (subject to hydrolysis) is 1. The molecule has 1 aliphatic rings. The summed E-state index contributed by atoms with van der Waals surface area (Å²) in [5, 5.41) is 15.0. The Balaban J connectivity index is 2.11. The van der Waals surface area contributed by atoms with Gasteiger partial charge in [-0.2, -0.15) is 0 Å². The van der Waals surface area contributed by atoms with E-state index >= 15 is 0 Å². The Morgan fingerprint density at radius 3 is 2.45 bits per heavy atom. The molecule has 2 amide bonds. The molecular weight excluding hydrogens is 428 g/mol. The maximum Gasteiger partial charge on any atom is 0.408 e. The molecule has 1 saturated carbocycles. The van der Waals surface area contributed by atoms with Crippen LogP contribution in [0, 0.1) is 17.8 Å². The highest BCUT2D eigenvalue weighted by molar-refractivity contribution is 6.30. The van der Waals surface area contributed by atoms with Gasteiger partial charge in [0.2, 0.25) is 0 Å². The lowest BCUT2D eigenvalue weighted by atomic mass is 10.1. The third-order valence-corrected chi connectivity index (χ3v) is 4.93. The summed E-state index contributed by atoms with van der Waals surface area (Å²) in [6.45, 7) is 6.73. The minimum atomic E-state index is -1.38. The first kappa shape index (κ1) is 24.5. The van der Waals surface area contributed by atoms with E-state index in [1.165, 1.54) is 6.07 Å². The van der Waals surface area contributed by atoms with Crippen LogP contribution in [0.1, 0.15) is 38.1 Å². The second kappa shape index (κ2) is 10.00. The molecule has 0 heterocycles. The number of aliphatic carboxylic acids is 1. The van der Waals surface area contributed by atoms with Gasteiger partial charge < -0.3 is 25.2 Å². The van der Waals surface area contributed by atoms with Crippen LogP contribution in [-0.4, -0.2) is 53.8 Å². The van der Waals surface area contributed by atoms with Crippen molar-refractivity contribution in [3.05, 3.63) is 34.9 Å². The van der Waals surface area contributed by atoms with Crippen molar-refractivity contribution < 1.29 is 33.8 Å². The number of rotatable bonds is 8. The smallest absolute Gasteiger partial charge is 0.408 e. The van der Waals surface area contributed by atoms with Gasteiger partial charge in [-0.15, -0.1) is 0 Å². The minimum absolute atomic E-state index is 0.0271. The lowest BCUT2D eigenvalue weighted by Crippen LogP contribution is -2.46. The van der Waals surface area contributed by atoms with Crippen molar-refractivity contribution in [1.82, 2.24) is 10.6 Å². The molecule has 0 saturated heterocycles. The van der Waals surface area contributed by atoms with Gasteiger partial charge in [0.1, 0.15) is 11.6 Å². The molecule has 31 heavy (non-hydrogen) atoms. The second-order valence-electron chi connectivity index (χ2n) is 8.20. The number of carbonyl (C=O) groups excluding carboxylic acids is 3. The molecule has 1 aromatic carbocycles. The van der Waals surface area contributed by atoms with E-state index in [0.29, 0.717) is 10.6 Å². The zero-order valence-corrected chi connectivity index (χ0v) is 18.6. The van der Waals surface area contributed by atoms with Crippen molar-refractivity contribution in [2.45, 2.75) is 39.3 Å². The Labute approximate surface area is 185 Å². The fraction of sp³-hybridized carbons (Fsp3) is 0.524. The molecule has 1 aromatic rings. The molecular formula is C21H27ClN2O7. The number of benzene rings is 1. The average molecular weight is 455 g/mol. The van der Waals surface area contributed by atoms with Gasteiger partial charge in [-0.3, -0.25) is 9.59 Å². The second-order valence-corrected chi connectivity index (χ2v) is 8.64. The van der Waals surface area contributed by atoms with Gasteiger partial charge in [-0.1, -0.05) is 17.7 Å². The molecule has 2 rings (SSSR count). The monoisotopic (exact) mass is 454 g/mol. The highest BCUT2D eigenvalue weighted by Gasteiger charge is 2.61. The van der Waals surface area contributed by atoms with Crippen molar-refractivity contribution >= 4 is 35.5 Å². The number of carboxylic acids is 1. The predicted molar refractivity (Wildman–Crippen MR) is 112 cm³/mol. The van der Waals surface area contributed by atoms with E-state index in [0.717, 1.165) is 0 Å². The molecule has 0 bridgehead atoms. The van der Waals surface area contributed by atoms with Gasteiger partial charge in [0.25, 0.3) is 5.91 Å². The topological polar surface area (TPSA) is 131 Å². The molecule has 0 aromatic heterocycles. The van der Waals surface area contributed by atoms with Gasteiger partial charge in [0.05, 0.1) is 12.5 Å². The third-order valence-electron chi connectivity index (χ3n) is 4.70. The van der Waals surface area contributed by atoms with E-state index in [4.69, 9.17) is 21.1 Å². The standard InChI is InChI=1S/C21H27ClN2O7/c1-5-30-19(28)15-13(10-23-17(25)11-7-6-8-12(22)9-11)14(15)16(18(26)27)24-20(29)31-21(2,3)4/h6-9,13-16H,5,10H2,1-4H3,(H,23,25)(H,24,29)(H,26,27)/t13?,14?,15?,16-/m0/s1. The zero-order chi connectivity index (χ0) is 23.3. The first-order chi connectivity index (χ1) is 14.4. The van der Waals surface area contributed by atoms with Gasteiger partial charge in [0, 0.05) is 23.0 Å². The van der Waals surface area contributed by atoms with Crippen LogP contribution in [-0.2, 0) is 19.1 Å². The van der Waals surface area contributed by atoms with Crippen molar-refractivity contribution in [2.75, 3.05) is 13.2 Å². The van der Waals surface area contributed by atoms with Gasteiger partial charge in [-0.05, 0) is 51.8 Å². The van der Waals surface area contributed by atoms with Crippen LogP contribution in [0.4, 0.5) is 4.79 Å². The number of hydrogen-bond acceptors (Lipinski definition) is 6. The molecule has 3 N–H and O–H groups in total. The molecule has 170 valence electrons. The molecule has 10 heteroatoms. The number of hydrogen-bond donors (Lipinski definition) is 3. The number of esters is 1. The molecule has 0 spiro atoms. The quantitative estimate of drug-likeness (QED) is 0.514. The van der Waals surface area contributed by atoms with Crippen LogP contribution in [0.25, 0.3) is 0 Å². The lowest BCUT2D eigenvalue weighted by molar-refractivity contribution is -0.145. The van der Waals surface area contributed by atoms with Crippen molar-refractivity contribution in [2.24, 2.45) is 17.8 Å². The number of ether oxygens (including phenoxy) is 2. The first-order valence-electron chi connectivity index (χ1n) is 9.87. The lowest BCUT2D eigenvalue weighted by Gasteiger charge is -2.22. The Bertz CT molecular complexity index is 852. The number of amides is 2. The largest absolute Gasteiger partial charge is 0.480 e. The summed E-state index contributed by atoms with van der Waals surface area (Å²) in [7, 11) is 0. The summed E-state index contributed by atoms with van der Waals surface area (Å²) in [4.78, 5) is 48.7. The summed E-state index contributed by atoms with van der Waals surface area (Å²) in [6.07, 6.45) is -0.906. The molecule has 3 unspecified atom stereocenters. The summed E-state index contributed by atoms with van der Waals surface area (Å²) in [6, 6.07) is 4.96. The predicted octanol–water partition coefficient (Wildman–Crippen LogP) is 2.47. The van der Waals surface area contributed by atoms with Crippen LogP contribution in [0.2, 0.25) is 5.02 Å². The van der Waals surface area contributed by atoms with Crippen LogP contribution >= 0.6 is 11.6 Å². The summed E-state index contributed by atoms with van der Waals surface area (Å²) < 4.78 is 10.2. The van der Waals surface area contributed by atoms with Crippen LogP contribution in [0.15, 0.2) is 24.3 Å². The maximum absolute atomic E-state index is 12.4. The normalized spacial score (nSPS) is 20.9. The highest BCUT2D eigenvalue weighted by atomic mass is 35.5. The van der Waals surface area contributed by atoms with E-state index < -0.39 is 53.3 Å². The minimum Gasteiger partial charge on any atom is -0.480 e. The van der Waals surface area contributed by atoms with Crippen molar-refractivity contribution in [3.63, 3.8) is 0 Å². The SMILES string of the molecule is CCOC(=O)C1C(CNC(=O)c2cccc(Cl)c2)C1[C@H](NC(=O)OC(C)(C)C)C(=O)O.